The molecule has 5 nitrogen and oxygen atoms in total. The maximum absolute atomic E-state index is 13.1. The smallest absolute Gasteiger partial charge is 0.262 e. The van der Waals surface area contributed by atoms with Gasteiger partial charge in [0.15, 0.2) is 6.10 Å². The molecule has 0 saturated heterocycles. The minimum absolute atomic E-state index is 0.0675. The molecule has 5 heteroatoms. The molecule has 1 aliphatic heterocycles. The van der Waals surface area contributed by atoms with Crippen molar-refractivity contribution in [2.24, 2.45) is 0 Å². The van der Waals surface area contributed by atoms with Gasteiger partial charge in [-0.1, -0.05) is 66.7 Å². The molecule has 1 aliphatic rings. The first-order valence-corrected chi connectivity index (χ1v) is 9.57. The molecule has 0 saturated carbocycles. The van der Waals surface area contributed by atoms with E-state index in [0.717, 1.165) is 16.7 Å². The van der Waals surface area contributed by atoms with Crippen molar-refractivity contribution in [3.8, 4) is 16.9 Å². The van der Waals surface area contributed by atoms with Crippen molar-refractivity contribution < 1.29 is 14.3 Å². The lowest BCUT2D eigenvalue weighted by Crippen LogP contribution is -2.50. The van der Waals surface area contributed by atoms with Crippen molar-refractivity contribution in [1.82, 2.24) is 5.32 Å². The van der Waals surface area contributed by atoms with Gasteiger partial charge in [0, 0.05) is 7.05 Å². The van der Waals surface area contributed by atoms with Gasteiger partial charge in [-0.3, -0.25) is 9.59 Å². The van der Waals surface area contributed by atoms with Crippen LogP contribution in [-0.2, 0) is 16.0 Å². The summed E-state index contributed by atoms with van der Waals surface area (Å²) in [6, 6.07) is 25.4. The summed E-state index contributed by atoms with van der Waals surface area (Å²) in [5, 5.41) is 2.59. The van der Waals surface area contributed by atoms with Crippen LogP contribution in [0.5, 0.6) is 5.75 Å². The van der Waals surface area contributed by atoms with Crippen LogP contribution < -0.4 is 15.0 Å². The predicted octanol–water partition coefficient (Wildman–Crippen LogP) is 3.44. The maximum Gasteiger partial charge on any atom is 0.262 e. The van der Waals surface area contributed by atoms with Crippen molar-refractivity contribution in [3.63, 3.8) is 0 Å². The molecule has 0 radical (unpaired) electrons. The molecule has 3 aromatic rings. The van der Waals surface area contributed by atoms with Gasteiger partial charge in [0.05, 0.1) is 18.7 Å². The monoisotopic (exact) mass is 386 g/mol. The number of carbonyl (C=O) groups is 2. The van der Waals surface area contributed by atoms with Crippen molar-refractivity contribution >= 4 is 17.5 Å². The molecule has 1 N–H and O–H groups in total. The Balaban J connectivity index is 1.53. The third-order valence-electron chi connectivity index (χ3n) is 5.03. The topological polar surface area (TPSA) is 58.6 Å². The number of para-hydroxylation sites is 2. The van der Waals surface area contributed by atoms with Crippen molar-refractivity contribution in [1.29, 1.82) is 0 Å². The Morgan fingerprint density at radius 3 is 2.31 bits per heavy atom. The second-order valence-corrected chi connectivity index (χ2v) is 6.93. The zero-order chi connectivity index (χ0) is 20.2. The Morgan fingerprint density at radius 1 is 0.931 bits per heavy atom. The van der Waals surface area contributed by atoms with E-state index in [0.29, 0.717) is 11.4 Å². The lowest BCUT2D eigenvalue weighted by molar-refractivity contribution is -0.127. The Morgan fingerprint density at radius 2 is 1.59 bits per heavy atom. The van der Waals surface area contributed by atoms with Gasteiger partial charge in [-0.05, 0) is 28.8 Å². The zero-order valence-corrected chi connectivity index (χ0v) is 16.2. The summed E-state index contributed by atoms with van der Waals surface area (Å²) in [4.78, 5) is 26.8. The van der Waals surface area contributed by atoms with Crippen LogP contribution in [0.4, 0.5) is 5.69 Å². The van der Waals surface area contributed by atoms with Gasteiger partial charge in [-0.15, -0.1) is 0 Å². The lowest BCUT2D eigenvalue weighted by atomic mass is 10.0. The molecule has 29 heavy (non-hydrogen) atoms. The molecule has 0 fully saturated rings. The van der Waals surface area contributed by atoms with E-state index in [2.05, 4.69) is 17.4 Å². The average Bonchev–Trinajstić information content (AvgIpc) is 2.78. The third kappa shape index (κ3) is 3.99. The molecule has 2 amide bonds. The highest BCUT2D eigenvalue weighted by molar-refractivity contribution is 5.98. The van der Waals surface area contributed by atoms with E-state index in [-0.39, 0.29) is 24.8 Å². The molecular weight excluding hydrogens is 364 g/mol. The molecule has 0 aliphatic carbocycles. The van der Waals surface area contributed by atoms with Crippen LogP contribution in [0.25, 0.3) is 11.1 Å². The van der Waals surface area contributed by atoms with E-state index in [1.54, 1.807) is 18.0 Å². The van der Waals surface area contributed by atoms with Gasteiger partial charge in [-0.2, -0.15) is 0 Å². The van der Waals surface area contributed by atoms with Crippen LogP contribution in [0.2, 0.25) is 0 Å². The summed E-state index contributed by atoms with van der Waals surface area (Å²) in [5.41, 5.74) is 3.87. The van der Waals surface area contributed by atoms with Gasteiger partial charge < -0.3 is 15.0 Å². The summed E-state index contributed by atoms with van der Waals surface area (Å²) in [6.07, 6.45) is -0.469. The number of carbonyl (C=O) groups excluding carboxylic acids is 2. The average molecular weight is 386 g/mol. The molecule has 1 heterocycles. The SMILES string of the molecule is CNC(=O)[C@H]1CN(C(=O)Cc2ccc(-c3ccccc3)cc2)c2ccccc2O1. The van der Waals surface area contributed by atoms with Crippen molar-refractivity contribution in [2.75, 3.05) is 18.5 Å². The van der Waals surface area contributed by atoms with Gasteiger partial charge in [0.2, 0.25) is 5.91 Å². The highest BCUT2D eigenvalue weighted by Crippen LogP contribution is 2.33. The van der Waals surface area contributed by atoms with E-state index in [1.807, 2.05) is 60.7 Å². The number of nitrogens with one attached hydrogen (secondary N) is 1. The number of rotatable bonds is 4. The van der Waals surface area contributed by atoms with Gasteiger partial charge >= 0.3 is 0 Å². The quantitative estimate of drug-likeness (QED) is 0.747. The predicted molar refractivity (Wildman–Crippen MR) is 113 cm³/mol. The molecule has 4 rings (SSSR count). The summed E-state index contributed by atoms with van der Waals surface area (Å²) in [7, 11) is 1.56. The van der Waals surface area contributed by atoms with E-state index in [4.69, 9.17) is 4.74 Å². The highest BCUT2D eigenvalue weighted by atomic mass is 16.5. The first-order valence-electron chi connectivity index (χ1n) is 9.57. The summed E-state index contributed by atoms with van der Waals surface area (Å²) in [6.45, 7) is 0.192. The van der Waals surface area contributed by atoms with Gasteiger partial charge in [-0.25, -0.2) is 0 Å². The van der Waals surface area contributed by atoms with Crippen molar-refractivity contribution in [3.05, 3.63) is 84.4 Å². The maximum atomic E-state index is 13.1. The van der Waals surface area contributed by atoms with E-state index in [9.17, 15) is 9.59 Å². The third-order valence-corrected chi connectivity index (χ3v) is 5.03. The number of hydrogen-bond acceptors (Lipinski definition) is 3. The standard InChI is InChI=1S/C24H22N2O3/c1-25-24(28)22-16-26(20-9-5-6-10-21(20)29-22)23(27)15-17-11-13-19(14-12-17)18-7-3-2-4-8-18/h2-14,22H,15-16H2,1H3,(H,25,28)/t22-/m1/s1. The Bertz CT molecular complexity index is 1020. The Labute approximate surface area is 169 Å². The molecule has 3 aromatic carbocycles. The number of nitrogens with zero attached hydrogens (tertiary/aromatic N) is 1. The second-order valence-electron chi connectivity index (χ2n) is 6.93. The molecule has 0 aromatic heterocycles. The number of benzene rings is 3. The normalized spacial score (nSPS) is 15.2. The van der Waals surface area contributed by atoms with Gasteiger partial charge in [0.1, 0.15) is 5.75 Å². The van der Waals surface area contributed by atoms with Gasteiger partial charge in [0.25, 0.3) is 5.91 Å². The van der Waals surface area contributed by atoms with E-state index < -0.39 is 6.10 Å². The van der Waals surface area contributed by atoms with Crippen LogP contribution in [-0.4, -0.2) is 31.5 Å². The zero-order valence-electron chi connectivity index (χ0n) is 16.2. The van der Waals surface area contributed by atoms with Crippen LogP contribution in [0.3, 0.4) is 0 Å². The van der Waals surface area contributed by atoms with E-state index >= 15 is 0 Å². The fourth-order valence-electron chi connectivity index (χ4n) is 3.48. The summed E-state index contributed by atoms with van der Waals surface area (Å²) in [5.74, 6) is 0.228. The fourth-order valence-corrected chi connectivity index (χ4v) is 3.48. The number of likely N-dealkylation sites (N-methyl/N-ethyl adjacent to an activating group) is 1. The Hall–Kier alpha value is -3.60. The van der Waals surface area contributed by atoms with Crippen LogP contribution in [0.15, 0.2) is 78.9 Å². The lowest BCUT2D eigenvalue weighted by Gasteiger charge is -2.34. The number of hydrogen-bond donors (Lipinski definition) is 1. The summed E-state index contributed by atoms with van der Waals surface area (Å²) < 4.78 is 5.77. The van der Waals surface area contributed by atoms with Crippen LogP contribution >= 0.6 is 0 Å². The van der Waals surface area contributed by atoms with Crippen LogP contribution in [0.1, 0.15) is 5.56 Å². The molecular formula is C24H22N2O3. The number of ether oxygens (including phenoxy) is 1. The molecule has 0 spiro atoms. The highest BCUT2D eigenvalue weighted by Gasteiger charge is 2.33. The minimum atomic E-state index is -0.723. The Kier molecular flexibility index (Phi) is 5.29. The summed E-state index contributed by atoms with van der Waals surface area (Å²) >= 11 is 0. The minimum Gasteiger partial charge on any atom is -0.477 e. The number of fused-ring (bicyclic) bond motifs is 1. The van der Waals surface area contributed by atoms with E-state index in [1.165, 1.54) is 0 Å². The number of anilines is 1. The number of amides is 2. The molecule has 146 valence electrons. The molecule has 0 bridgehead atoms. The molecule has 1 atom stereocenters. The molecule has 0 unspecified atom stereocenters. The van der Waals surface area contributed by atoms with Crippen molar-refractivity contribution in [2.45, 2.75) is 12.5 Å². The first-order chi connectivity index (χ1) is 14.2. The fraction of sp³-hybridized carbons (Fsp3) is 0.167. The largest absolute Gasteiger partial charge is 0.477 e. The van der Waals surface area contributed by atoms with Crippen LogP contribution in [0, 0.1) is 0 Å². The first kappa shape index (κ1) is 18.7. The second kappa shape index (κ2) is 8.19.